The van der Waals surface area contributed by atoms with E-state index >= 15 is 0 Å². The maximum absolute atomic E-state index is 5.82. The zero-order valence-corrected chi connectivity index (χ0v) is 13.1. The Morgan fingerprint density at radius 2 is 1.81 bits per heavy atom. The normalized spacial score (nSPS) is 10.7. The lowest BCUT2D eigenvalue weighted by Gasteiger charge is -2.09. The number of rotatable bonds is 5. The second kappa shape index (κ2) is 6.14. The highest BCUT2D eigenvalue weighted by atomic mass is 79.9. The number of ether oxygens (including phenoxy) is 1. The zero-order valence-electron chi connectivity index (χ0n) is 11.5. The largest absolute Gasteiger partial charge is 0.486 e. The molecule has 3 nitrogen and oxygen atoms in total. The molecule has 21 heavy (non-hydrogen) atoms. The molecule has 0 N–H and O–H groups in total. The van der Waals surface area contributed by atoms with Crippen LogP contribution >= 0.6 is 15.9 Å². The van der Waals surface area contributed by atoms with Gasteiger partial charge in [0.2, 0.25) is 0 Å². The van der Waals surface area contributed by atoms with Gasteiger partial charge in [0, 0.05) is 4.48 Å². The van der Waals surface area contributed by atoms with Crippen molar-refractivity contribution in [2.45, 2.75) is 13.2 Å². The summed E-state index contributed by atoms with van der Waals surface area (Å²) in [4.78, 5) is 4.66. The van der Waals surface area contributed by atoms with Crippen LogP contribution in [0.3, 0.4) is 0 Å². The van der Waals surface area contributed by atoms with Crippen LogP contribution < -0.4 is 4.74 Å². The second-order valence-electron chi connectivity index (χ2n) is 4.72. The molecule has 0 aliphatic heterocycles. The average Bonchev–Trinajstić information content (AvgIpc) is 2.84. The van der Waals surface area contributed by atoms with Crippen LogP contribution in [-0.4, -0.2) is 9.55 Å². The molecule has 0 spiro atoms. The van der Waals surface area contributed by atoms with E-state index in [0.717, 1.165) is 27.1 Å². The zero-order chi connectivity index (χ0) is 14.7. The summed E-state index contributed by atoms with van der Waals surface area (Å²) >= 11 is 3.43. The molecule has 0 aliphatic carbocycles. The Morgan fingerprint density at radius 1 is 1.10 bits per heavy atom. The Balaban J connectivity index is 1.91. The molecule has 3 aromatic rings. The summed E-state index contributed by atoms with van der Waals surface area (Å²) < 4.78 is 8.84. The Kier molecular flexibility index (Phi) is 4.06. The standard InChI is InChI=1S/C17H15BrN2O/c1-13(18)11-20-16-10-6-5-9-15(16)19-17(20)12-21-14-7-3-2-4-8-14/h2-10H,1,11-12H2. The second-order valence-corrected chi connectivity index (χ2v) is 5.84. The molecule has 1 aromatic heterocycles. The summed E-state index contributed by atoms with van der Waals surface area (Å²) in [6, 6.07) is 17.8. The summed E-state index contributed by atoms with van der Waals surface area (Å²) in [5.41, 5.74) is 2.06. The van der Waals surface area contributed by atoms with E-state index in [1.807, 2.05) is 48.5 Å². The maximum Gasteiger partial charge on any atom is 0.148 e. The first-order valence-electron chi connectivity index (χ1n) is 6.69. The summed E-state index contributed by atoms with van der Waals surface area (Å²) in [7, 11) is 0. The van der Waals surface area contributed by atoms with Crippen molar-refractivity contribution in [3.05, 3.63) is 71.5 Å². The van der Waals surface area contributed by atoms with Crippen molar-refractivity contribution in [2.75, 3.05) is 0 Å². The number of fused-ring (bicyclic) bond motifs is 1. The van der Waals surface area contributed by atoms with Gasteiger partial charge < -0.3 is 9.30 Å². The number of hydrogen-bond acceptors (Lipinski definition) is 2. The maximum atomic E-state index is 5.82. The van der Waals surface area contributed by atoms with Crippen molar-refractivity contribution in [3.63, 3.8) is 0 Å². The number of imidazole rings is 1. The minimum Gasteiger partial charge on any atom is -0.486 e. The lowest BCUT2D eigenvalue weighted by atomic mass is 10.3. The Bertz CT molecular complexity index is 765. The fourth-order valence-electron chi connectivity index (χ4n) is 2.25. The van der Waals surface area contributed by atoms with Crippen molar-refractivity contribution >= 4 is 27.0 Å². The van der Waals surface area contributed by atoms with Gasteiger partial charge in [-0.2, -0.15) is 0 Å². The smallest absolute Gasteiger partial charge is 0.148 e. The molecule has 0 unspecified atom stereocenters. The van der Waals surface area contributed by atoms with Gasteiger partial charge in [0.25, 0.3) is 0 Å². The third-order valence-electron chi connectivity index (χ3n) is 3.17. The number of aromatic nitrogens is 2. The fourth-order valence-corrected chi connectivity index (χ4v) is 2.50. The van der Waals surface area contributed by atoms with E-state index in [1.54, 1.807) is 0 Å². The molecule has 3 rings (SSSR count). The van der Waals surface area contributed by atoms with Crippen LogP contribution in [0.5, 0.6) is 5.75 Å². The molecule has 0 aliphatic rings. The quantitative estimate of drug-likeness (QED) is 0.681. The van der Waals surface area contributed by atoms with Crippen LogP contribution in [0.25, 0.3) is 11.0 Å². The van der Waals surface area contributed by atoms with E-state index in [2.05, 4.69) is 38.1 Å². The predicted molar refractivity (Wildman–Crippen MR) is 88.6 cm³/mol. The van der Waals surface area contributed by atoms with Gasteiger partial charge in [-0.1, -0.05) is 52.8 Å². The van der Waals surface area contributed by atoms with Gasteiger partial charge in [0.1, 0.15) is 18.2 Å². The third kappa shape index (κ3) is 3.16. The van der Waals surface area contributed by atoms with Crippen molar-refractivity contribution in [2.24, 2.45) is 0 Å². The number of hydrogen-bond donors (Lipinski definition) is 0. The first-order valence-corrected chi connectivity index (χ1v) is 7.48. The Labute approximate surface area is 132 Å². The van der Waals surface area contributed by atoms with E-state index in [1.165, 1.54) is 0 Å². The first-order chi connectivity index (χ1) is 10.2. The highest BCUT2D eigenvalue weighted by Crippen LogP contribution is 2.20. The lowest BCUT2D eigenvalue weighted by Crippen LogP contribution is -2.07. The Hall–Kier alpha value is -2.07. The van der Waals surface area contributed by atoms with Gasteiger partial charge in [-0.3, -0.25) is 0 Å². The molecule has 4 heteroatoms. The third-order valence-corrected chi connectivity index (χ3v) is 3.43. The summed E-state index contributed by atoms with van der Waals surface area (Å²) in [6.45, 7) is 5.03. The fraction of sp³-hybridized carbons (Fsp3) is 0.118. The highest BCUT2D eigenvalue weighted by Gasteiger charge is 2.11. The molecule has 0 saturated carbocycles. The molecule has 0 bridgehead atoms. The first kappa shape index (κ1) is 13.9. The molecule has 1 heterocycles. The van der Waals surface area contributed by atoms with Crippen LogP contribution in [0.1, 0.15) is 5.82 Å². The molecule has 0 saturated heterocycles. The van der Waals surface area contributed by atoms with Crippen LogP contribution in [-0.2, 0) is 13.2 Å². The molecule has 0 fully saturated rings. The average molecular weight is 343 g/mol. The molecule has 0 amide bonds. The van der Waals surface area contributed by atoms with Crippen LogP contribution in [0, 0.1) is 0 Å². The Morgan fingerprint density at radius 3 is 2.57 bits per heavy atom. The van der Waals surface area contributed by atoms with E-state index in [0.29, 0.717) is 13.2 Å². The highest BCUT2D eigenvalue weighted by molar-refractivity contribution is 9.11. The van der Waals surface area contributed by atoms with Gasteiger partial charge in [0.05, 0.1) is 17.6 Å². The minimum atomic E-state index is 0.430. The molecular weight excluding hydrogens is 328 g/mol. The molecule has 0 radical (unpaired) electrons. The number of para-hydroxylation sites is 3. The van der Waals surface area contributed by atoms with E-state index in [4.69, 9.17) is 4.74 Å². The van der Waals surface area contributed by atoms with Gasteiger partial charge >= 0.3 is 0 Å². The van der Waals surface area contributed by atoms with E-state index in [9.17, 15) is 0 Å². The van der Waals surface area contributed by atoms with E-state index < -0.39 is 0 Å². The van der Waals surface area contributed by atoms with Crippen molar-refractivity contribution < 1.29 is 4.74 Å². The monoisotopic (exact) mass is 342 g/mol. The molecule has 0 atom stereocenters. The molecule has 2 aromatic carbocycles. The number of nitrogens with zero attached hydrogens (tertiary/aromatic N) is 2. The summed E-state index contributed by atoms with van der Waals surface area (Å²) in [6.07, 6.45) is 0. The van der Waals surface area contributed by atoms with Gasteiger partial charge in [0.15, 0.2) is 0 Å². The minimum absolute atomic E-state index is 0.430. The van der Waals surface area contributed by atoms with Crippen molar-refractivity contribution in [3.8, 4) is 5.75 Å². The SMILES string of the molecule is C=C(Br)Cn1c(COc2ccccc2)nc2ccccc21. The van der Waals surface area contributed by atoms with Gasteiger partial charge in [-0.05, 0) is 24.3 Å². The van der Waals surface area contributed by atoms with Crippen LogP contribution in [0.15, 0.2) is 65.7 Å². The number of halogens is 1. The van der Waals surface area contributed by atoms with Gasteiger partial charge in [-0.15, -0.1) is 0 Å². The van der Waals surface area contributed by atoms with E-state index in [-0.39, 0.29) is 0 Å². The van der Waals surface area contributed by atoms with Crippen LogP contribution in [0.4, 0.5) is 0 Å². The number of benzene rings is 2. The summed E-state index contributed by atoms with van der Waals surface area (Å²) in [5.74, 6) is 1.73. The summed E-state index contributed by atoms with van der Waals surface area (Å²) in [5, 5.41) is 0. The van der Waals surface area contributed by atoms with Crippen molar-refractivity contribution in [1.82, 2.24) is 9.55 Å². The van der Waals surface area contributed by atoms with Gasteiger partial charge in [-0.25, -0.2) is 4.98 Å². The van der Waals surface area contributed by atoms with Crippen molar-refractivity contribution in [1.29, 1.82) is 0 Å². The molecule has 106 valence electrons. The molecular formula is C17H15BrN2O. The predicted octanol–water partition coefficient (Wildman–Crippen LogP) is 4.52. The number of allylic oxidation sites excluding steroid dienone is 1. The topological polar surface area (TPSA) is 27.1 Å². The lowest BCUT2D eigenvalue weighted by molar-refractivity contribution is 0.291. The van der Waals surface area contributed by atoms with Crippen LogP contribution in [0.2, 0.25) is 0 Å².